The van der Waals surface area contributed by atoms with Crippen molar-refractivity contribution in [1.82, 2.24) is 4.90 Å². The summed E-state index contributed by atoms with van der Waals surface area (Å²) in [5, 5.41) is 11.2. The summed E-state index contributed by atoms with van der Waals surface area (Å²) in [5.74, 6) is 6.46. The van der Waals surface area contributed by atoms with Gasteiger partial charge in [-0.3, -0.25) is 4.90 Å². The molecular formula is C19H27NO. The quantitative estimate of drug-likeness (QED) is 0.860. The third-order valence-electron chi connectivity index (χ3n) is 4.46. The zero-order valence-electron chi connectivity index (χ0n) is 13.5. The molecule has 1 saturated heterocycles. The fourth-order valence-corrected chi connectivity index (χ4v) is 2.81. The molecule has 0 aromatic heterocycles. The summed E-state index contributed by atoms with van der Waals surface area (Å²) in [5.41, 5.74) is -0.212. The van der Waals surface area contributed by atoms with E-state index in [0.29, 0.717) is 6.42 Å². The molecule has 2 rings (SSSR count). The van der Waals surface area contributed by atoms with E-state index in [9.17, 15) is 5.11 Å². The molecular weight excluding hydrogens is 258 g/mol. The van der Waals surface area contributed by atoms with Gasteiger partial charge in [0.25, 0.3) is 0 Å². The Kier molecular flexibility index (Phi) is 5.08. The van der Waals surface area contributed by atoms with Gasteiger partial charge in [-0.05, 0) is 36.9 Å². The summed E-state index contributed by atoms with van der Waals surface area (Å²) in [6.07, 6.45) is 3.06. The zero-order chi connectivity index (χ0) is 15.3. The molecule has 0 radical (unpaired) electrons. The smallest absolute Gasteiger partial charge is 0.105 e. The topological polar surface area (TPSA) is 23.5 Å². The van der Waals surface area contributed by atoms with Gasteiger partial charge in [0.15, 0.2) is 0 Å². The first-order chi connectivity index (χ1) is 9.93. The standard InChI is InChI=1S/C19H27NO/c1-18(2,3)19(21,17-11-5-4-6-12-17)13-7-8-14-20-15-9-10-16-20/h4-6,11-12,21H,9-10,13-16H2,1-3H3. The van der Waals surface area contributed by atoms with Gasteiger partial charge in [0.1, 0.15) is 5.60 Å². The number of hydrogen-bond donors (Lipinski definition) is 1. The Morgan fingerprint density at radius 2 is 1.67 bits per heavy atom. The van der Waals surface area contributed by atoms with E-state index < -0.39 is 5.60 Å². The summed E-state index contributed by atoms with van der Waals surface area (Å²) in [7, 11) is 0. The Labute approximate surface area is 129 Å². The minimum atomic E-state index is -0.910. The molecule has 21 heavy (non-hydrogen) atoms. The second kappa shape index (κ2) is 6.64. The molecule has 0 bridgehead atoms. The second-order valence-electron chi connectivity index (χ2n) is 6.99. The highest BCUT2D eigenvalue weighted by atomic mass is 16.3. The first-order valence-electron chi connectivity index (χ1n) is 7.89. The van der Waals surface area contributed by atoms with E-state index in [0.717, 1.165) is 25.2 Å². The Bertz CT molecular complexity index is 500. The fourth-order valence-electron chi connectivity index (χ4n) is 2.81. The van der Waals surface area contributed by atoms with E-state index in [1.165, 1.54) is 12.8 Å². The van der Waals surface area contributed by atoms with Crippen LogP contribution in [0.3, 0.4) is 0 Å². The Morgan fingerprint density at radius 1 is 1.05 bits per heavy atom. The normalized spacial score (nSPS) is 18.9. The Hall–Kier alpha value is -1.30. The molecule has 1 fully saturated rings. The molecule has 1 heterocycles. The molecule has 2 heteroatoms. The molecule has 0 amide bonds. The van der Waals surface area contributed by atoms with Gasteiger partial charge in [-0.2, -0.15) is 0 Å². The average molecular weight is 285 g/mol. The van der Waals surface area contributed by atoms with Crippen LogP contribution < -0.4 is 0 Å². The third kappa shape index (κ3) is 3.87. The summed E-state index contributed by atoms with van der Waals surface area (Å²) in [6, 6.07) is 9.92. The van der Waals surface area contributed by atoms with E-state index in [1.807, 2.05) is 30.3 Å². The first-order valence-corrected chi connectivity index (χ1v) is 7.89. The molecule has 1 aliphatic heterocycles. The molecule has 0 aliphatic carbocycles. The second-order valence-corrected chi connectivity index (χ2v) is 6.99. The van der Waals surface area contributed by atoms with Crippen molar-refractivity contribution in [3.63, 3.8) is 0 Å². The van der Waals surface area contributed by atoms with Crippen LogP contribution in [0.2, 0.25) is 0 Å². The van der Waals surface area contributed by atoms with Crippen molar-refractivity contribution >= 4 is 0 Å². The lowest BCUT2D eigenvalue weighted by atomic mass is 9.70. The molecule has 0 saturated carbocycles. The lowest BCUT2D eigenvalue weighted by Crippen LogP contribution is -2.39. The molecule has 1 atom stereocenters. The molecule has 1 aliphatic rings. The van der Waals surface area contributed by atoms with E-state index in [4.69, 9.17) is 0 Å². The highest BCUT2D eigenvalue weighted by molar-refractivity contribution is 5.27. The van der Waals surface area contributed by atoms with Crippen LogP contribution in [-0.2, 0) is 5.60 Å². The van der Waals surface area contributed by atoms with Gasteiger partial charge in [0.2, 0.25) is 0 Å². The van der Waals surface area contributed by atoms with Crippen molar-refractivity contribution in [2.45, 2.75) is 45.6 Å². The van der Waals surface area contributed by atoms with Crippen LogP contribution in [0, 0.1) is 17.3 Å². The number of nitrogens with zero attached hydrogens (tertiary/aromatic N) is 1. The van der Waals surface area contributed by atoms with E-state index in [1.54, 1.807) is 0 Å². The Morgan fingerprint density at radius 3 is 2.24 bits per heavy atom. The van der Waals surface area contributed by atoms with Crippen molar-refractivity contribution in [2.24, 2.45) is 5.41 Å². The highest BCUT2D eigenvalue weighted by Gasteiger charge is 2.40. The van der Waals surface area contributed by atoms with Crippen LogP contribution in [0.25, 0.3) is 0 Å². The summed E-state index contributed by atoms with van der Waals surface area (Å²) < 4.78 is 0. The van der Waals surface area contributed by atoms with Gasteiger partial charge in [-0.1, -0.05) is 62.9 Å². The Balaban J connectivity index is 2.09. The minimum absolute atomic E-state index is 0.253. The molecule has 114 valence electrons. The SMILES string of the molecule is CC(C)(C)C(O)(CC#CCN1CCCC1)c1ccccc1. The van der Waals surface area contributed by atoms with Crippen molar-refractivity contribution in [3.8, 4) is 11.8 Å². The van der Waals surface area contributed by atoms with Crippen molar-refractivity contribution in [2.75, 3.05) is 19.6 Å². The van der Waals surface area contributed by atoms with Gasteiger partial charge in [-0.15, -0.1) is 0 Å². The minimum Gasteiger partial charge on any atom is -0.384 e. The predicted molar refractivity (Wildman–Crippen MR) is 87.9 cm³/mol. The number of rotatable bonds is 3. The van der Waals surface area contributed by atoms with E-state index in [2.05, 4.69) is 37.5 Å². The molecule has 1 aromatic carbocycles. The average Bonchev–Trinajstić information content (AvgIpc) is 2.96. The fraction of sp³-hybridized carbons (Fsp3) is 0.579. The summed E-state index contributed by atoms with van der Waals surface area (Å²) >= 11 is 0. The largest absolute Gasteiger partial charge is 0.384 e. The van der Waals surface area contributed by atoms with Crippen molar-refractivity contribution in [1.29, 1.82) is 0 Å². The van der Waals surface area contributed by atoms with Gasteiger partial charge < -0.3 is 5.11 Å². The van der Waals surface area contributed by atoms with Gasteiger partial charge in [-0.25, -0.2) is 0 Å². The number of benzene rings is 1. The predicted octanol–water partition coefficient (Wildman–Crippen LogP) is 3.41. The lowest BCUT2D eigenvalue weighted by Gasteiger charge is -2.39. The van der Waals surface area contributed by atoms with Crippen LogP contribution in [0.15, 0.2) is 30.3 Å². The van der Waals surface area contributed by atoms with Gasteiger partial charge >= 0.3 is 0 Å². The van der Waals surface area contributed by atoms with Gasteiger partial charge in [0, 0.05) is 6.42 Å². The van der Waals surface area contributed by atoms with Gasteiger partial charge in [0.05, 0.1) is 6.54 Å². The third-order valence-corrected chi connectivity index (χ3v) is 4.46. The maximum absolute atomic E-state index is 11.2. The van der Waals surface area contributed by atoms with E-state index in [-0.39, 0.29) is 5.41 Å². The molecule has 2 nitrogen and oxygen atoms in total. The van der Waals surface area contributed by atoms with Crippen LogP contribution in [0.4, 0.5) is 0 Å². The molecule has 1 aromatic rings. The van der Waals surface area contributed by atoms with Crippen LogP contribution in [-0.4, -0.2) is 29.6 Å². The lowest BCUT2D eigenvalue weighted by molar-refractivity contribution is -0.0598. The summed E-state index contributed by atoms with van der Waals surface area (Å²) in [6.45, 7) is 9.37. The maximum atomic E-state index is 11.2. The maximum Gasteiger partial charge on any atom is 0.105 e. The molecule has 0 spiro atoms. The van der Waals surface area contributed by atoms with Crippen molar-refractivity contribution < 1.29 is 5.11 Å². The van der Waals surface area contributed by atoms with Crippen LogP contribution in [0.1, 0.15) is 45.6 Å². The first kappa shape index (κ1) is 16.1. The molecule has 1 unspecified atom stereocenters. The highest BCUT2D eigenvalue weighted by Crippen LogP contribution is 2.41. The van der Waals surface area contributed by atoms with E-state index >= 15 is 0 Å². The van der Waals surface area contributed by atoms with Crippen LogP contribution in [0.5, 0.6) is 0 Å². The van der Waals surface area contributed by atoms with Crippen molar-refractivity contribution in [3.05, 3.63) is 35.9 Å². The number of aliphatic hydroxyl groups is 1. The number of likely N-dealkylation sites (tertiary alicyclic amines) is 1. The summed E-state index contributed by atoms with van der Waals surface area (Å²) in [4.78, 5) is 2.38. The zero-order valence-corrected chi connectivity index (χ0v) is 13.5. The molecule has 1 N–H and O–H groups in total. The van der Waals surface area contributed by atoms with Crippen LogP contribution >= 0.6 is 0 Å². The monoisotopic (exact) mass is 285 g/mol. The number of hydrogen-bond acceptors (Lipinski definition) is 2.